The van der Waals surface area contributed by atoms with E-state index in [0.29, 0.717) is 5.92 Å². The number of aryl methyl sites for hydroxylation is 1. The topological polar surface area (TPSA) is 32.3 Å². The largest absolute Gasteiger partial charge is 0.378 e. The van der Waals surface area contributed by atoms with Crippen LogP contribution < -0.4 is 4.90 Å². The van der Waals surface area contributed by atoms with Crippen molar-refractivity contribution in [3.05, 3.63) is 40.1 Å². The van der Waals surface area contributed by atoms with Crippen LogP contribution >= 0.6 is 11.3 Å². The molecule has 0 amide bonds. The fraction of sp³-hybridized carbons (Fsp3) is 0.500. The van der Waals surface area contributed by atoms with E-state index >= 15 is 0 Å². The monoisotopic (exact) mass is 302 g/mol. The molecule has 1 fully saturated rings. The molecule has 5 heteroatoms. The Hall–Kier alpha value is -1.46. The Kier molecular flexibility index (Phi) is 4.22. The molecule has 4 nitrogen and oxygen atoms in total. The minimum absolute atomic E-state index is 0.552. The normalized spacial score (nSPS) is 19.1. The third kappa shape index (κ3) is 3.41. The van der Waals surface area contributed by atoms with E-state index < -0.39 is 0 Å². The SMILES string of the molecule is Cc1cc(N(C)C)cc([C@@H]2CCN(Cc3cncs3)C2)n1. The highest BCUT2D eigenvalue weighted by Gasteiger charge is 2.25. The molecule has 0 spiro atoms. The van der Waals surface area contributed by atoms with Crippen molar-refractivity contribution in [1.29, 1.82) is 0 Å². The molecule has 0 radical (unpaired) electrons. The third-order valence-corrected chi connectivity index (χ3v) is 4.79. The molecule has 0 unspecified atom stereocenters. The van der Waals surface area contributed by atoms with Crippen molar-refractivity contribution in [2.45, 2.75) is 25.8 Å². The smallest absolute Gasteiger partial charge is 0.0794 e. The molecule has 1 aliphatic rings. The van der Waals surface area contributed by atoms with E-state index in [1.165, 1.54) is 22.7 Å². The maximum atomic E-state index is 4.77. The zero-order chi connectivity index (χ0) is 14.8. The lowest BCUT2D eigenvalue weighted by atomic mass is 10.0. The van der Waals surface area contributed by atoms with Gasteiger partial charge in [0.2, 0.25) is 0 Å². The molecule has 0 bridgehead atoms. The Balaban J connectivity index is 1.71. The van der Waals surface area contributed by atoms with Crippen LogP contribution in [-0.2, 0) is 6.54 Å². The van der Waals surface area contributed by atoms with Crippen molar-refractivity contribution in [3.63, 3.8) is 0 Å². The molecule has 0 N–H and O–H groups in total. The molecule has 3 heterocycles. The Morgan fingerprint density at radius 2 is 2.24 bits per heavy atom. The predicted molar refractivity (Wildman–Crippen MR) is 88.1 cm³/mol. The summed E-state index contributed by atoms with van der Waals surface area (Å²) in [5.41, 5.74) is 5.51. The fourth-order valence-electron chi connectivity index (χ4n) is 2.90. The summed E-state index contributed by atoms with van der Waals surface area (Å²) in [6.07, 6.45) is 3.18. The Morgan fingerprint density at radius 1 is 1.38 bits per heavy atom. The number of anilines is 1. The van der Waals surface area contributed by atoms with Gasteiger partial charge in [0.1, 0.15) is 0 Å². The average molecular weight is 302 g/mol. The number of hydrogen-bond donors (Lipinski definition) is 0. The van der Waals surface area contributed by atoms with Crippen molar-refractivity contribution in [2.75, 3.05) is 32.1 Å². The van der Waals surface area contributed by atoms with Crippen LogP contribution in [0, 0.1) is 6.92 Å². The highest BCUT2D eigenvalue weighted by molar-refractivity contribution is 7.09. The van der Waals surface area contributed by atoms with Crippen LogP contribution in [0.5, 0.6) is 0 Å². The molecule has 21 heavy (non-hydrogen) atoms. The van der Waals surface area contributed by atoms with Gasteiger partial charge in [-0.3, -0.25) is 14.9 Å². The highest BCUT2D eigenvalue weighted by atomic mass is 32.1. The molecule has 0 aromatic carbocycles. The first kappa shape index (κ1) is 14.5. The van der Waals surface area contributed by atoms with E-state index in [1.807, 2.05) is 11.7 Å². The number of aromatic nitrogens is 2. The zero-order valence-electron chi connectivity index (χ0n) is 12.9. The van der Waals surface area contributed by atoms with Gasteiger partial charge in [-0.25, -0.2) is 0 Å². The Bertz CT molecular complexity index is 594. The maximum absolute atomic E-state index is 4.77. The maximum Gasteiger partial charge on any atom is 0.0794 e. The number of rotatable bonds is 4. The molecule has 2 aromatic heterocycles. The van der Waals surface area contributed by atoms with Crippen LogP contribution in [0.4, 0.5) is 5.69 Å². The molecule has 0 aliphatic carbocycles. The number of likely N-dealkylation sites (tertiary alicyclic amines) is 1. The lowest BCUT2D eigenvalue weighted by Gasteiger charge is -2.18. The lowest BCUT2D eigenvalue weighted by molar-refractivity contribution is 0.329. The molecule has 112 valence electrons. The van der Waals surface area contributed by atoms with E-state index in [4.69, 9.17) is 4.98 Å². The van der Waals surface area contributed by atoms with E-state index in [1.54, 1.807) is 11.3 Å². The quantitative estimate of drug-likeness (QED) is 0.869. The van der Waals surface area contributed by atoms with Crippen molar-refractivity contribution in [3.8, 4) is 0 Å². The van der Waals surface area contributed by atoms with Crippen LogP contribution in [0.3, 0.4) is 0 Å². The van der Waals surface area contributed by atoms with Crippen LogP contribution in [0.25, 0.3) is 0 Å². The third-order valence-electron chi connectivity index (χ3n) is 4.03. The number of nitrogens with zero attached hydrogens (tertiary/aromatic N) is 4. The minimum atomic E-state index is 0.552. The summed E-state index contributed by atoms with van der Waals surface area (Å²) in [6.45, 7) is 5.35. The highest BCUT2D eigenvalue weighted by Crippen LogP contribution is 2.29. The van der Waals surface area contributed by atoms with E-state index in [9.17, 15) is 0 Å². The van der Waals surface area contributed by atoms with Gasteiger partial charge >= 0.3 is 0 Å². The van der Waals surface area contributed by atoms with Gasteiger partial charge in [0.25, 0.3) is 0 Å². The van der Waals surface area contributed by atoms with Gasteiger partial charge in [0.05, 0.1) is 5.51 Å². The summed E-state index contributed by atoms with van der Waals surface area (Å²) >= 11 is 1.74. The molecular weight excluding hydrogens is 280 g/mol. The number of hydrogen-bond acceptors (Lipinski definition) is 5. The van der Waals surface area contributed by atoms with Crippen LogP contribution in [0.2, 0.25) is 0 Å². The second-order valence-corrected chi connectivity index (χ2v) is 6.95. The van der Waals surface area contributed by atoms with Gasteiger partial charge in [-0.1, -0.05) is 0 Å². The molecule has 3 rings (SSSR count). The van der Waals surface area contributed by atoms with Crippen molar-refractivity contribution < 1.29 is 0 Å². The van der Waals surface area contributed by atoms with Gasteiger partial charge in [-0.15, -0.1) is 11.3 Å². The first-order valence-electron chi connectivity index (χ1n) is 7.37. The van der Waals surface area contributed by atoms with Gasteiger partial charge < -0.3 is 4.90 Å². The summed E-state index contributed by atoms with van der Waals surface area (Å²) in [5, 5.41) is 0. The van der Waals surface area contributed by atoms with E-state index in [0.717, 1.165) is 25.3 Å². The van der Waals surface area contributed by atoms with Gasteiger partial charge in [0.15, 0.2) is 0 Å². The molecular formula is C16H22N4S. The zero-order valence-corrected chi connectivity index (χ0v) is 13.7. The molecule has 1 saturated heterocycles. The van der Waals surface area contributed by atoms with Gasteiger partial charge in [0, 0.05) is 61.3 Å². The molecule has 1 aliphatic heterocycles. The second-order valence-electron chi connectivity index (χ2n) is 5.97. The first-order chi connectivity index (χ1) is 10.1. The predicted octanol–water partition coefficient (Wildman–Crippen LogP) is 2.90. The minimum Gasteiger partial charge on any atom is -0.378 e. The Morgan fingerprint density at radius 3 is 2.95 bits per heavy atom. The lowest BCUT2D eigenvalue weighted by Crippen LogP contribution is -2.19. The fourth-order valence-corrected chi connectivity index (χ4v) is 3.54. The average Bonchev–Trinajstić information content (AvgIpc) is 3.10. The van der Waals surface area contributed by atoms with E-state index in [-0.39, 0.29) is 0 Å². The van der Waals surface area contributed by atoms with Crippen molar-refractivity contribution in [2.24, 2.45) is 0 Å². The second kappa shape index (κ2) is 6.12. The summed E-state index contributed by atoms with van der Waals surface area (Å²) in [5.74, 6) is 0.552. The van der Waals surface area contributed by atoms with Crippen LogP contribution in [0.1, 0.15) is 28.6 Å². The molecule has 0 saturated carbocycles. The van der Waals surface area contributed by atoms with Crippen molar-refractivity contribution >= 4 is 17.0 Å². The number of pyridine rings is 1. The summed E-state index contributed by atoms with van der Waals surface area (Å²) < 4.78 is 0. The standard InChI is InChI=1S/C16H22N4S/c1-12-6-14(19(2)3)7-16(18-12)13-4-5-20(9-13)10-15-8-17-11-21-15/h6-8,11,13H,4-5,9-10H2,1-3H3/t13-/m1/s1. The summed E-state index contributed by atoms with van der Waals surface area (Å²) in [4.78, 5) is 14.9. The Labute approximate surface area is 130 Å². The van der Waals surface area contributed by atoms with Gasteiger partial charge in [-0.05, 0) is 32.0 Å². The van der Waals surface area contributed by atoms with E-state index in [2.05, 4.69) is 47.9 Å². The first-order valence-corrected chi connectivity index (χ1v) is 8.25. The number of thiazole rings is 1. The summed E-state index contributed by atoms with van der Waals surface area (Å²) in [6, 6.07) is 4.39. The summed E-state index contributed by atoms with van der Waals surface area (Å²) in [7, 11) is 4.17. The van der Waals surface area contributed by atoms with Gasteiger partial charge in [-0.2, -0.15) is 0 Å². The van der Waals surface area contributed by atoms with Crippen LogP contribution in [-0.4, -0.2) is 42.1 Å². The molecule has 2 aromatic rings. The van der Waals surface area contributed by atoms with Crippen molar-refractivity contribution in [1.82, 2.24) is 14.9 Å². The van der Waals surface area contributed by atoms with Crippen LogP contribution in [0.15, 0.2) is 23.8 Å². The molecule has 1 atom stereocenters.